The van der Waals surface area contributed by atoms with Gasteiger partial charge in [-0.15, -0.1) is 0 Å². The van der Waals surface area contributed by atoms with Crippen molar-refractivity contribution in [3.8, 4) is 40.2 Å². The van der Waals surface area contributed by atoms with Gasteiger partial charge in [-0.3, -0.25) is 0 Å². The van der Waals surface area contributed by atoms with Crippen molar-refractivity contribution in [1.29, 1.82) is 0 Å². The summed E-state index contributed by atoms with van der Waals surface area (Å²) in [5, 5.41) is 8.55. The van der Waals surface area contributed by atoms with Crippen molar-refractivity contribution < 1.29 is 18.9 Å². The van der Waals surface area contributed by atoms with E-state index in [0.29, 0.717) is 0 Å². The van der Waals surface area contributed by atoms with Crippen LogP contribution in [0, 0.1) is 0 Å². The Morgan fingerprint density at radius 2 is 1.19 bits per heavy atom. The third-order valence-corrected chi connectivity index (χ3v) is 18.8. The number of para-hydroxylation sites is 1. The van der Waals surface area contributed by atoms with E-state index in [1.54, 1.807) is 0 Å². The average Bonchev–Trinajstić information content (AvgIpc) is 3.00. The Morgan fingerprint density at radius 1 is 0.548 bits per heavy atom. The molecule has 42 heavy (non-hydrogen) atoms. The Labute approximate surface area is 252 Å². The molecule has 0 saturated heterocycles. The van der Waals surface area contributed by atoms with Gasteiger partial charge in [0.25, 0.3) is 0 Å². The van der Waals surface area contributed by atoms with E-state index in [9.17, 15) is 0 Å². The van der Waals surface area contributed by atoms with Crippen molar-refractivity contribution in [1.82, 2.24) is 0 Å². The fourth-order valence-corrected chi connectivity index (χ4v) is 16.7. The zero-order valence-electron chi connectivity index (χ0n) is 22.0. The molecule has 2 unspecified atom stereocenters. The minimum atomic E-state index is -2.47. The van der Waals surface area contributed by atoms with E-state index in [0.717, 1.165) is 96.1 Å². The molecular formula is C34H20O4P2S2. The number of hydrogen-bond donors (Lipinski definition) is 0. The zero-order valence-corrected chi connectivity index (χ0v) is 25.4. The van der Waals surface area contributed by atoms with Gasteiger partial charge in [0.05, 0.1) is 16.6 Å². The van der Waals surface area contributed by atoms with Gasteiger partial charge < -0.3 is 18.9 Å². The Morgan fingerprint density at radius 3 is 2.00 bits per heavy atom. The summed E-state index contributed by atoms with van der Waals surface area (Å²) < 4.78 is 26.0. The lowest BCUT2D eigenvalue weighted by Gasteiger charge is -2.40. The van der Waals surface area contributed by atoms with Crippen LogP contribution < -0.4 is 45.5 Å². The van der Waals surface area contributed by atoms with Crippen LogP contribution >= 0.6 is 12.1 Å². The first-order valence-corrected chi connectivity index (χ1v) is 19.5. The maximum atomic E-state index is 6.88. The molecule has 5 aromatic rings. The smallest absolute Gasteiger partial charge is 0.140 e. The Bertz CT molecular complexity index is 2290. The van der Waals surface area contributed by atoms with Gasteiger partial charge in [-0.1, -0.05) is 60.0 Å². The van der Waals surface area contributed by atoms with Crippen LogP contribution in [0.2, 0.25) is 0 Å². The number of rotatable bonds is 0. The molecule has 0 fully saturated rings. The lowest BCUT2D eigenvalue weighted by atomic mass is 10.1. The van der Waals surface area contributed by atoms with E-state index >= 15 is 0 Å². The van der Waals surface area contributed by atoms with Gasteiger partial charge >= 0.3 is 0 Å². The fourth-order valence-electron chi connectivity index (χ4n) is 7.06. The lowest BCUT2D eigenvalue weighted by molar-refractivity contribution is 0.430. The molecule has 5 aromatic carbocycles. The summed E-state index contributed by atoms with van der Waals surface area (Å²) >= 11 is 13.6. The van der Waals surface area contributed by atoms with Gasteiger partial charge in [0, 0.05) is 27.3 Å². The summed E-state index contributed by atoms with van der Waals surface area (Å²) in [5.74, 6) is 6.46. The SMILES string of the molecule is S=P12C3=C(C=CCC3)Oc3cccc(c31)Oc1ccc3cc4c(cc3c12)Oc1cccc2c1P4(=S)c1ccccc1O2. The molecule has 0 N–H and O–H groups in total. The Kier molecular flexibility index (Phi) is 4.56. The first-order valence-electron chi connectivity index (χ1n) is 13.9. The second-order valence-corrected chi connectivity index (χ2v) is 19.6. The molecule has 0 bridgehead atoms. The maximum absolute atomic E-state index is 6.88. The van der Waals surface area contributed by atoms with Gasteiger partial charge in [0.15, 0.2) is 0 Å². The lowest BCUT2D eigenvalue weighted by Crippen LogP contribution is -2.35. The van der Waals surface area contributed by atoms with Crippen LogP contribution in [0.4, 0.5) is 0 Å². The number of allylic oxidation sites excluding steroid dienone is 3. The standard InChI is InChI=1S/C34H20O4P2S2/c41-39-29-13-3-1-7-21(29)35-23-9-5-10-24(33(23)39)38-28-18-20-19(17-31(28)39)15-16-27-32(20)40(42)30-14-4-2-8-22(30)36-25-11-6-12-26(37-27)34(25)40/h1-3,5-13,15-18H,4,14H2. The van der Waals surface area contributed by atoms with Crippen molar-refractivity contribution in [2.24, 2.45) is 0 Å². The molecule has 0 amide bonds. The number of benzene rings is 5. The Hall–Kier alpha value is -3.66. The van der Waals surface area contributed by atoms with Crippen molar-refractivity contribution in [3.63, 3.8) is 0 Å². The highest BCUT2D eigenvalue weighted by Crippen LogP contribution is 2.66. The number of hydrogen-bond acceptors (Lipinski definition) is 6. The normalized spacial score (nSPS) is 23.0. The molecule has 1 aliphatic carbocycles. The molecule has 4 heterocycles. The van der Waals surface area contributed by atoms with Crippen LogP contribution in [0.3, 0.4) is 0 Å². The second kappa shape index (κ2) is 8.03. The largest absolute Gasteiger partial charge is 0.456 e. The molecule has 0 radical (unpaired) electrons. The second-order valence-electron chi connectivity index (χ2n) is 11.0. The van der Waals surface area contributed by atoms with E-state index in [2.05, 4.69) is 42.5 Å². The molecule has 202 valence electrons. The molecule has 0 aromatic heterocycles. The summed E-state index contributed by atoms with van der Waals surface area (Å²) in [5.41, 5.74) is 0. The number of fused-ring (bicyclic) bond motifs is 9. The monoisotopic (exact) mass is 618 g/mol. The van der Waals surface area contributed by atoms with Crippen LogP contribution in [-0.4, -0.2) is 0 Å². The average molecular weight is 619 g/mol. The van der Waals surface area contributed by atoms with E-state index in [-0.39, 0.29) is 0 Å². The molecular weight excluding hydrogens is 598 g/mol. The summed E-state index contributed by atoms with van der Waals surface area (Å²) in [7, 11) is 0. The minimum Gasteiger partial charge on any atom is -0.456 e. The summed E-state index contributed by atoms with van der Waals surface area (Å²) in [6.45, 7) is 0. The maximum Gasteiger partial charge on any atom is 0.140 e. The molecule has 4 nitrogen and oxygen atoms in total. The van der Waals surface area contributed by atoms with Gasteiger partial charge in [-0.05, 0) is 84.3 Å². The molecule has 10 rings (SSSR count). The van der Waals surface area contributed by atoms with Gasteiger partial charge in [-0.25, -0.2) is 0 Å². The summed E-state index contributed by atoms with van der Waals surface area (Å²) in [6.07, 6.45) is 6.09. The molecule has 0 spiro atoms. The van der Waals surface area contributed by atoms with Gasteiger partial charge in [0.1, 0.15) is 46.0 Å². The van der Waals surface area contributed by atoms with Gasteiger partial charge in [0.2, 0.25) is 0 Å². The highest BCUT2D eigenvalue weighted by Gasteiger charge is 2.46. The van der Waals surface area contributed by atoms with Crippen molar-refractivity contribution in [2.45, 2.75) is 12.8 Å². The predicted octanol–water partition coefficient (Wildman–Crippen LogP) is 7.30. The van der Waals surface area contributed by atoms with Crippen molar-refractivity contribution >= 4 is 73.0 Å². The predicted molar refractivity (Wildman–Crippen MR) is 176 cm³/mol. The van der Waals surface area contributed by atoms with Crippen LogP contribution in [0.15, 0.2) is 108 Å². The third-order valence-electron chi connectivity index (χ3n) is 8.81. The summed E-state index contributed by atoms with van der Waals surface area (Å²) in [6, 6.07) is 23.8. The molecule has 2 atom stereocenters. The van der Waals surface area contributed by atoms with E-state index < -0.39 is 12.1 Å². The minimum absolute atomic E-state index is 0.766. The first kappa shape index (κ1) is 23.9. The van der Waals surface area contributed by atoms with Crippen LogP contribution in [-0.2, 0) is 23.6 Å². The molecule has 0 saturated carbocycles. The van der Waals surface area contributed by atoms with Crippen molar-refractivity contribution in [3.05, 3.63) is 108 Å². The number of ether oxygens (including phenoxy) is 4. The first-order chi connectivity index (χ1) is 20.5. The molecule has 4 aliphatic heterocycles. The highest BCUT2D eigenvalue weighted by molar-refractivity contribution is 8.26. The fraction of sp³-hybridized carbons (Fsp3) is 0.0588. The zero-order chi connectivity index (χ0) is 27.8. The molecule has 5 aliphatic rings. The quantitative estimate of drug-likeness (QED) is 0.166. The Balaban J connectivity index is 1.30. The van der Waals surface area contributed by atoms with Crippen molar-refractivity contribution in [2.75, 3.05) is 0 Å². The highest BCUT2D eigenvalue weighted by atomic mass is 32.4. The third kappa shape index (κ3) is 2.80. The van der Waals surface area contributed by atoms with E-state index in [4.69, 9.17) is 42.6 Å². The van der Waals surface area contributed by atoms with Crippen LogP contribution in [0.1, 0.15) is 12.8 Å². The van der Waals surface area contributed by atoms with E-state index in [1.165, 1.54) is 5.31 Å². The topological polar surface area (TPSA) is 36.9 Å². The van der Waals surface area contributed by atoms with Crippen LogP contribution in [0.5, 0.6) is 40.2 Å². The summed E-state index contributed by atoms with van der Waals surface area (Å²) in [4.78, 5) is 0. The van der Waals surface area contributed by atoms with E-state index in [1.807, 2.05) is 54.6 Å². The molecule has 8 heteroatoms. The van der Waals surface area contributed by atoms with Crippen LogP contribution in [0.25, 0.3) is 10.8 Å². The van der Waals surface area contributed by atoms with Gasteiger partial charge in [-0.2, -0.15) is 0 Å².